The van der Waals surface area contributed by atoms with Crippen molar-refractivity contribution < 1.29 is 27.6 Å². The Labute approximate surface area is 155 Å². The Morgan fingerprint density at radius 1 is 1.33 bits per heavy atom. The van der Waals surface area contributed by atoms with Crippen molar-refractivity contribution >= 4 is 29.0 Å². The summed E-state index contributed by atoms with van der Waals surface area (Å²) in [6.07, 6.45) is -4.63. The molecular formula is C15H13F3N4O4S. The summed E-state index contributed by atoms with van der Waals surface area (Å²) in [5.74, 6) is -0.752. The molecule has 0 bridgehead atoms. The number of nitro groups is 1. The molecule has 0 spiro atoms. The number of carbonyl (C=O) groups is 1. The quantitative estimate of drug-likeness (QED) is 0.341. The van der Waals surface area contributed by atoms with E-state index in [1.807, 2.05) is 0 Å². The van der Waals surface area contributed by atoms with Crippen LogP contribution < -0.4 is 10.1 Å². The second-order valence-electron chi connectivity index (χ2n) is 5.15. The molecule has 0 unspecified atom stereocenters. The zero-order valence-corrected chi connectivity index (χ0v) is 14.8. The first-order chi connectivity index (χ1) is 12.6. The molecule has 2 rings (SSSR count). The van der Waals surface area contributed by atoms with Crippen LogP contribution in [0.1, 0.15) is 11.4 Å². The third-order valence-corrected chi connectivity index (χ3v) is 3.98. The molecule has 0 aliphatic heterocycles. The molecule has 1 N–H and O–H groups in total. The molecule has 0 radical (unpaired) electrons. The maximum absolute atomic E-state index is 12.8. The summed E-state index contributed by atoms with van der Waals surface area (Å²) in [6.45, 7) is 1.38. The lowest BCUT2D eigenvalue weighted by atomic mass is 10.2. The summed E-state index contributed by atoms with van der Waals surface area (Å²) >= 11 is 0.685. The fraction of sp³-hybridized carbons (Fsp3) is 0.267. The van der Waals surface area contributed by atoms with Crippen LogP contribution in [0.2, 0.25) is 0 Å². The molecule has 0 aliphatic rings. The van der Waals surface area contributed by atoms with Crippen molar-refractivity contribution in [1.82, 2.24) is 9.97 Å². The molecule has 2 aromatic rings. The third-order valence-electron chi connectivity index (χ3n) is 3.13. The highest BCUT2D eigenvalue weighted by atomic mass is 32.2. The first kappa shape index (κ1) is 20.4. The number of rotatable bonds is 6. The van der Waals surface area contributed by atoms with Crippen LogP contribution in [0.5, 0.6) is 5.75 Å². The molecule has 1 heterocycles. The Balaban J connectivity index is 2.09. The lowest BCUT2D eigenvalue weighted by Crippen LogP contribution is -2.16. The van der Waals surface area contributed by atoms with E-state index in [0.717, 1.165) is 12.1 Å². The number of thioether (sulfide) groups is 1. The highest BCUT2D eigenvalue weighted by molar-refractivity contribution is 7.99. The number of anilines is 1. The SMILES string of the molecule is COc1ccc(NC(=O)CSc2nc(C)cc(C(F)(F)F)n2)c([N+](=O)[O-])c1. The summed E-state index contributed by atoms with van der Waals surface area (Å²) < 4.78 is 43.2. The largest absolute Gasteiger partial charge is 0.496 e. The normalized spacial score (nSPS) is 11.1. The first-order valence-electron chi connectivity index (χ1n) is 7.28. The Morgan fingerprint density at radius 2 is 2.04 bits per heavy atom. The number of hydrogen-bond acceptors (Lipinski definition) is 7. The number of hydrogen-bond donors (Lipinski definition) is 1. The third kappa shape index (κ3) is 5.54. The second-order valence-corrected chi connectivity index (χ2v) is 6.09. The summed E-state index contributed by atoms with van der Waals surface area (Å²) in [5.41, 5.74) is -1.44. The lowest BCUT2D eigenvalue weighted by molar-refractivity contribution is -0.384. The van der Waals surface area contributed by atoms with Gasteiger partial charge in [-0.25, -0.2) is 9.97 Å². The van der Waals surface area contributed by atoms with Crippen LogP contribution in [-0.4, -0.2) is 33.7 Å². The van der Waals surface area contributed by atoms with Gasteiger partial charge in [0, 0.05) is 5.69 Å². The molecule has 0 saturated carbocycles. The minimum Gasteiger partial charge on any atom is -0.496 e. The fourth-order valence-corrected chi connectivity index (χ4v) is 2.67. The number of methoxy groups -OCH3 is 1. The van der Waals surface area contributed by atoms with E-state index in [1.165, 1.54) is 26.2 Å². The molecule has 1 amide bonds. The number of nitrogens with zero attached hydrogens (tertiary/aromatic N) is 3. The van der Waals surface area contributed by atoms with Gasteiger partial charge in [-0.15, -0.1) is 0 Å². The summed E-state index contributed by atoms with van der Waals surface area (Å²) in [4.78, 5) is 29.6. The van der Waals surface area contributed by atoms with E-state index >= 15 is 0 Å². The number of ether oxygens (including phenoxy) is 1. The van der Waals surface area contributed by atoms with Crippen molar-refractivity contribution in [2.45, 2.75) is 18.3 Å². The van der Waals surface area contributed by atoms with E-state index in [0.29, 0.717) is 11.8 Å². The molecule has 0 atom stereocenters. The summed E-state index contributed by atoms with van der Waals surface area (Å²) in [7, 11) is 1.34. The Kier molecular flexibility index (Phi) is 6.20. The van der Waals surface area contributed by atoms with Crippen molar-refractivity contribution in [2.24, 2.45) is 0 Å². The number of carbonyl (C=O) groups excluding carboxylic acids is 1. The van der Waals surface area contributed by atoms with E-state index in [1.54, 1.807) is 0 Å². The van der Waals surface area contributed by atoms with Gasteiger partial charge in [-0.1, -0.05) is 11.8 Å². The number of halogens is 3. The lowest BCUT2D eigenvalue weighted by Gasteiger charge is -2.09. The number of aryl methyl sites for hydroxylation is 1. The minimum absolute atomic E-state index is 0.0625. The van der Waals surface area contributed by atoms with Crippen molar-refractivity contribution in [3.63, 3.8) is 0 Å². The predicted molar refractivity (Wildman–Crippen MR) is 90.8 cm³/mol. The highest BCUT2D eigenvalue weighted by Crippen LogP contribution is 2.30. The molecule has 27 heavy (non-hydrogen) atoms. The van der Waals surface area contributed by atoms with Crippen molar-refractivity contribution in [3.05, 3.63) is 45.8 Å². The zero-order valence-electron chi connectivity index (χ0n) is 14.0. The number of aromatic nitrogens is 2. The predicted octanol–water partition coefficient (Wildman–Crippen LogP) is 3.45. The highest BCUT2D eigenvalue weighted by Gasteiger charge is 2.33. The number of nitrogens with one attached hydrogen (secondary N) is 1. The smallest absolute Gasteiger partial charge is 0.433 e. The summed E-state index contributed by atoms with van der Waals surface area (Å²) in [6, 6.07) is 4.66. The average molecular weight is 402 g/mol. The topological polar surface area (TPSA) is 107 Å². The molecular weight excluding hydrogens is 389 g/mol. The number of alkyl halides is 3. The van der Waals surface area contributed by atoms with E-state index in [4.69, 9.17) is 4.74 Å². The van der Waals surface area contributed by atoms with E-state index in [-0.39, 0.29) is 33.7 Å². The van der Waals surface area contributed by atoms with E-state index < -0.39 is 22.7 Å². The second kappa shape index (κ2) is 8.20. The molecule has 1 aromatic carbocycles. The molecule has 0 aliphatic carbocycles. The number of benzene rings is 1. The van der Waals surface area contributed by atoms with Crippen LogP contribution >= 0.6 is 11.8 Å². The van der Waals surface area contributed by atoms with Crippen LogP contribution in [0.25, 0.3) is 0 Å². The van der Waals surface area contributed by atoms with Crippen LogP contribution in [-0.2, 0) is 11.0 Å². The maximum atomic E-state index is 12.8. The maximum Gasteiger partial charge on any atom is 0.433 e. The van der Waals surface area contributed by atoms with Crippen LogP contribution in [0.15, 0.2) is 29.4 Å². The standard InChI is InChI=1S/C15H13F3N4O4S/c1-8-5-12(15(16,17)18)21-14(19-8)27-7-13(23)20-10-4-3-9(26-2)6-11(10)22(24)25/h3-6H,7H2,1-2H3,(H,20,23). The molecule has 0 fully saturated rings. The zero-order chi connectivity index (χ0) is 20.2. The molecule has 144 valence electrons. The Hall–Kier alpha value is -2.89. The van der Waals surface area contributed by atoms with Crippen molar-refractivity contribution in [3.8, 4) is 5.75 Å². The Morgan fingerprint density at radius 3 is 2.63 bits per heavy atom. The first-order valence-corrected chi connectivity index (χ1v) is 8.26. The number of amides is 1. The van der Waals surface area contributed by atoms with Crippen LogP contribution in [0.4, 0.5) is 24.5 Å². The summed E-state index contributed by atoms with van der Waals surface area (Å²) in [5, 5.41) is 13.2. The number of nitro benzene ring substituents is 1. The minimum atomic E-state index is -4.63. The molecule has 0 saturated heterocycles. The van der Waals surface area contributed by atoms with Crippen LogP contribution in [0.3, 0.4) is 0 Å². The average Bonchev–Trinajstić information content (AvgIpc) is 2.59. The van der Waals surface area contributed by atoms with Crippen molar-refractivity contribution in [2.75, 3.05) is 18.2 Å². The fourth-order valence-electron chi connectivity index (χ4n) is 1.96. The molecule has 8 nitrogen and oxygen atoms in total. The Bertz CT molecular complexity index is 877. The van der Waals surface area contributed by atoms with Gasteiger partial charge >= 0.3 is 6.18 Å². The van der Waals surface area contributed by atoms with Gasteiger partial charge in [0.05, 0.1) is 23.9 Å². The van der Waals surface area contributed by atoms with Crippen LogP contribution in [0, 0.1) is 17.0 Å². The van der Waals surface area contributed by atoms with Gasteiger partial charge in [0.25, 0.3) is 5.69 Å². The van der Waals surface area contributed by atoms with E-state index in [2.05, 4.69) is 15.3 Å². The van der Waals surface area contributed by atoms with Gasteiger partial charge < -0.3 is 10.1 Å². The van der Waals surface area contributed by atoms with Gasteiger partial charge in [-0.3, -0.25) is 14.9 Å². The van der Waals surface area contributed by atoms with Gasteiger partial charge in [0.1, 0.15) is 17.1 Å². The molecule has 12 heteroatoms. The van der Waals surface area contributed by atoms with Gasteiger partial charge in [0.15, 0.2) is 5.16 Å². The van der Waals surface area contributed by atoms with E-state index in [9.17, 15) is 28.1 Å². The molecule has 1 aromatic heterocycles. The van der Waals surface area contributed by atoms with Gasteiger partial charge in [0.2, 0.25) is 5.91 Å². The van der Waals surface area contributed by atoms with Crippen molar-refractivity contribution in [1.29, 1.82) is 0 Å². The van der Waals surface area contributed by atoms with Gasteiger partial charge in [-0.2, -0.15) is 13.2 Å². The van der Waals surface area contributed by atoms with Gasteiger partial charge in [-0.05, 0) is 25.1 Å². The monoisotopic (exact) mass is 402 g/mol.